The number of aromatic hydroxyl groups is 1. The number of hydrogen-bond donors (Lipinski definition) is 1. The predicted molar refractivity (Wildman–Crippen MR) is 133 cm³/mol. The Kier molecular flexibility index (Phi) is 7.54. The molecule has 1 aliphatic rings. The van der Waals surface area contributed by atoms with Crippen LogP contribution in [0.2, 0.25) is 0 Å². The molecular formula is C25H28N4O4S. The third kappa shape index (κ3) is 5.60. The van der Waals surface area contributed by atoms with E-state index < -0.39 is 0 Å². The van der Waals surface area contributed by atoms with Crippen LogP contribution in [0, 0.1) is 0 Å². The number of phenolic OH excluding ortho intramolecular Hbond substituents is 1. The van der Waals surface area contributed by atoms with E-state index in [0.29, 0.717) is 25.6 Å². The highest BCUT2D eigenvalue weighted by molar-refractivity contribution is 7.19. The van der Waals surface area contributed by atoms with Crippen molar-refractivity contribution in [2.45, 2.75) is 26.3 Å². The first-order valence-electron chi connectivity index (χ1n) is 11.3. The Hall–Kier alpha value is -3.30. The van der Waals surface area contributed by atoms with Crippen molar-refractivity contribution in [3.63, 3.8) is 0 Å². The molecule has 9 heteroatoms. The molecule has 2 aromatic heterocycles. The van der Waals surface area contributed by atoms with Gasteiger partial charge in [-0.3, -0.25) is 9.59 Å². The van der Waals surface area contributed by atoms with Gasteiger partial charge in [-0.25, -0.2) is 9.97 Å². The maximum atomic E-state index is 12.5. The predicted octanol–water partition coefficient (Wildman–Crippen LogP) is 3.78. The number of aromatic nitrogens is 2. The quantitative estimate of drug-likeness (QED) is 0.490. The van der Waals surface area contributed by atoms with Crippen molar-refractivity contribution in [1.29, 1.82) is 0 Å². The Balaban J connectivity index is 1.62. The number of fused-ring (bicyclic) bond motifs is 1. The second kappa shape index (κ2) is 10.8. The van der Waals surface area contributed by atoms with Gasteiger partial charge in [-0.05, 0) is 31.2 Å². The van der Waals surface area contributed by atoms with Crippen LogP contribution >= 0.6 is 11.3 Å². The molecule has 0 aliphatic carbocycles. The Morgan fingerprint density at radius 3 is 2.74 bits per heavy atom. The minimum atomic E-state index is -0.0738. The third-order valence-corrected chi connectivity index (χ3v) is 6.68. The van der Waals surface area contributed by atoms with E-state index in [-0.39, 0.29) is 30.3 Å². The van der Waals surface area contributed by atoms with Crippen LogP contribution in [-0.2, 0) is 20.9 Å². The standard InChI is InChI=1S/C25H28N4O4S/c1-3-5-18(30)8-9-22(32)28(2)16-20-15-21-23(34-20)25(29-10-12-33-13-11-29)27-24(26-21)17-6-4-7-19(31)14-17/h3-7,14-15,31H,8-13,16H2,1-2H3/b5-3+. The lowest BCUT2D eigenvalue weighted by atomic mass is 10.2. The van der Waals surface area contributed by atoms with E-state index in [9.17, 15) is 14.7 Å². The largest absolute Gasteiger partial charge is 0.508 e. The van der Waals surface area contributed by atoms with Crippen LogP contribution in [0.3, 0.4) is 0 Å². The van der Waals surface area contributed by atoms with E-state index in [1.54, 1.807) is 54.5 Å². The van der Waals surface area contributed by atoms with E-state index in [1.165, 1.54) is 6.08 Å². The SMILES string of the molecule is C/C=C/C(=O)CCC(=O)N(C)Cc1cc2nc(-c3cccc(O)c3)nc(N3CCOCC3)c2s1. The van der Waals surface area contributed by atoms with Crippen LogP contribution in [0.1, 0.15) is 24.6 Å². The average Bonchev–Trinajstić information content (AvgIpc) is 3.25. The second-order valence-electron chi connectivity index (χ2n) is 8.16. The van der Waals surface area contributed by atoms with Crippen molar-refractivity contribution in [1.82, 2.24) is 14.9 Å². The fourth-order valence-electron chi connectivity index (χ4n) is 3.82. The number of hydrogen-bond acceptors (Lipinski definition) is 8. The van der Waals surface area contributed by atoms with E-state index in [1.807, 2.05) is 12.1 Å². The molecule has 178 valence electrons. The lowest BCUT2D eigenvalue weighted by Crippen LogP contribution is -2.36. The van der Waals surface area contributed by atoms with Gasteiger partial charge in [-0.15, -0.1) is 11.3 Å². The highest BCUT2D eigenvalue weighted by Crippen LogP contribution is 2.35. The van der Waals surface area contributed by atoms with E-state index in [4.69, 9.17) is 14.7 Å². The van der Waals surface area contributed by atoms with Crippen LogP contribution in [0.4, 0.5) is 5.82 Å². The van der Waals surface area contributed by atoms with Gasteiger partial charge in [0.25, 0.3) is 0 Å². The van der Waals surface area contributed by atoms with Gasteiger partial charge in [0.1, 0.15) is 5.75 Å². The number of carbonyl (C=O) groups excluding carboxylic acids is 2. The van der Waals surface area contributed by atoms with Gasteiger partial charge in [0.05, 0.1) is 30.0 Å². The molecule has 0 bridgehead atoms. The number of amides is 1. The Bertz CT molecular complexity index is 1220. The average molecular weight is 481 g/mol. The fourth-order valence-corrected chi connectivity index (χ4v) is 4.98. The summed E-state index contributed by atoms with van der Waals surface area (Å²) in [5.41, 5.74) is 1.54. The Morgan fingerprint density at radius 1 is 1.21 bits per heavy atom. The summed E-state index contributed by atoms with van der Waals surface area (Å²) >= 11 is 1.57. The zero-order chi connectivity index (χ0) is 24.1. The summed E-state index contributed by atoms with van der Waals surface area (Å²) in [5, 5.41) is 9.93. The number of phenols is 1. The number of carbonyl (C=O) groups is 2. The van der Waals surface area contributed by atoms with Crippen molar-refractivity contribution in [2.24, 2.45) is 0 Å². The fraction of sp³-hybridized carbons (Fsp3) is 0.360. The number of anilines is 1. The molecule has 1 saturated heterocycles. The van der Waals surface area contributed by atoms with Crippen molar-refractivity contribution >= 4 is 39.1 Å². The minimum absolute atomic E-state index is 0.0454. The van der Waals surface area contributed by atoms with Gasteiger partial charge in [0.2, 0.25) is 5.91 Å². The summed E-state index contributed by atoms with van der Waals surface area (Å²) in [6, 6.07) is 8.91. The number of ether oxygens (including phenoxy) is 1. The summed E-state index contributed by atoms with van der Waals surface area (Å²) in [6.07, 6.45) is 3.58. The van der Waals surface area contributed by atoms with Gasteiger partial charge in [0.15, 0.2) is 17.4 Å². The van der Waals surface area contributed by atoms with E-state index in [2.05, 4.69) is 4.90 Å². The number of rotatable bonds is 8. The van der Waals surface area contributed by atoms with Crippen LogP contribution < -0.4 is 4.90 Å². The maximum absolute atomic E-state index is 12.5. The third-order valence-electron chi connectivity index (χ3n) is 5.58. The molecule has 0 atom stereocenters. The second-order valence-corrected chi connectivity index (χ2v) is 9.30. The number of ketones is 1. The van der Waals surface area contributed by atoms with E-state index in [0.717, 1.165) is 39.6 Å². The first-order chi connectivity index (χ1) is 16.4. The van der Waals surface area contributed by atoms with E-state index >= 15 is 0 Å². The molecule has 1 aliphatic heterocycles. The smallest absolute Gasteiger partial charge is 0.223 e. The maximum Gasteiger partial charge on any atom is 0.223 e. The molecule has 8 nitrogen and oxygen atoms in total. The van der Waals surface area contributed by atoms with Gasteiger partial charge in [-0.2, -0.15) is 0 Å². The van der Waals surface area contributed by atoms with Crippen LogP contribution in [0.25, 0.3) is 21.6 Å². The molecule has 1 amide bonds. The number of benzene rings is 1. The highest BCUT2D eigenvalue weighted by atomic mass is 32.1. The number of allylic oxidation sites excluding steroid dienone is 2. The zero-order valence-corrected chi connectivity index (χ0v) is 20.2. The van der Waals surface area contributed by atoms with Crippen LogP contribution in [-0.4, -0.2) is 65.0 Å². The Morgan fingerprint density at radius 2 is 2.00 bits per heavy atom. The zero-order valence-electron chi connectivity index (χ0n) is 19.4. The van der Waals surface area contributed by atoms with Crippen LogP contribution in [0.5, 0.6) is 5.75 Å². The monoisotopic (exact) mass is 480 g/mol. The van der Waals surface area contributed by atoms with Gasteiger partial charge >= 0.3 is 0 Å². The summed E-state index contributed by atoms with van der Waals surface area (Å²) in [7, 11) is 1.75. The molecule has 34 heavy (non-hydrogen) atoms. The first-order valence-corrected chi connectivity index (χ1v) is 12.1. The molecule has 1 aromatic carbocycles. The molecule has 3 heterocycles. The molecule has 3 aromatic rings. The van der Waals surface area contributed by atoms with Crippen LogP contribution in [0.15, 0.2) is 42.5 Å². The molecule has 0 saturated carbocycles. The first kappa shape index (κ1) is 23.8. The summed E-state index contributed by atoms with van der Waals surface area (Å²) in [5.74, 6) is 1.43. The summed E-state index contributed by atoms with van der Waals surface area (Å²) < 4.78 is 6.48. The number of nitrogens with zero attached hydrogens (tertiary/aromatic N) is 4. The lowest BCUT2D eigenvalue weighted by molar-refractivity contribution is -0.131. The van der Waals surface area contributed by atoms with Gasteiger partial charge in [0, 0.05) is 43.4 Å². The van der Waals surface area contributed by atoms with Gasteiger partial charge in [-0.1, -0.05) is 18.2 Å². The van der Waals surface area contributed by atoms with Crippen molar-refractivity contribution in [2.75, 3.05) is 38.3 Å². The molecule has 1 N–H and O–H groups in total. The van der Waals surface area contributed by atoms with Crippen molar-refractivity contribution < 1.29 is 19.4 Å². The Labute approximate surface area is 202 Å². The molecule has 4 rings (SSSR count). The molecular weight excluding hydrogens is 452 g/mol. The molecule has 0 unspecified atom stereocenters. The normalized spacial score (nSPS) is 14.1. The van der Waals surface area contributed by atoms with Gasteiger partial charge < -0.3 is 19.6 Å². The summed E-state index contributed by atoms with van der Waals surface area (Å²) in [6.45, 7) is 4.95. The number of thiophene rings is 1. The van der Waals surface area contributed by atoms with Crippen molar-refractivity contribution in [3.8, 4) is 17.1 Å². The summed E-state index contributed by atoms with van der Waals surface area (Å²) in [4.78, 5) is 38.7. The molecule has 0 radical (unpaired) electrons. The highest BCUT2D eigenvalue weighted by Gasteiger charge is 2.21. The molecule has 0 spiro atoms. The molecule has 1 fully saturated rings. The topological polar surface area (TPSA) is 95.9 Å². The number of morpholine rings is 1. The minimum Gasteiger partial charge on any atom is -0.508 e. The van der Waals surface area contributed by atoms with Crippen molar-refractivity contribution in [3.05, 3.63) is 47.4 Å². The lowest BCUT2D eigenvalue weighted by Gasteiger charge is -2.28.